The molecule has 0 saturated heterocycles. The Morgan fingerprint density at radius 2 is 1.75 bits per heavy atom. The number of nitrogens with zero attached hydrogens (tertiary/aromatic N) is 1. The van der Waals surface area contributed by atoms with Crippen LogP contribution in [0.25, 0.3) is 0 Å². The van der Waals surface area contributed by atoms with Crippen LogP contribution < -0.4 is 0 Å². The minimum atomic E-state index is 0. The zero-order valence-corrected chi connectivity index (χ0v) is 14.1. The first-order chi connectivity index (χ1) is 9.30. The second-order valence-corrected chi connectivity index (χ2v) is 6.14. The fourth-order valence-electron chi connectivity index (χ4n) is 3.45. The molecule has 0 radical (unpaired) electrons. The largest absolute Gasteiger partial charge is 0.302 e. The third kappa shape index (κ3) is 4.38. The maximum Gasteiger partial charge on any atom is 0.0351 e. The van der Waals surface area contributed by atoms with Crippen LogP contribution in [0.1, 0.15) is 44.6 Å². The SMILES string of the molecule is CCN(CCCl)CC1(c2ccccc2)CCCCC1.Cl. The van der Waals surface area contributed by atoms with Gasteiger partial charge in [0, 0.05) is 24.4 Å². The van der Waals surface area contributed by atoms with E-state index in [4.69, 9.17) is 11.6 Å². The average molecular weight is 316 g/mol. The first-order valence-corrected chi connectivity index (χ1v) is 8.18. The van der Waals surface area contributed by atoms with E-state index in [1.165, 1.54) is 44.2 Å². The van der Waals surface area contributed by atoms with E-state index in [1.54, 1.807) is 0 Å². The van der Waals surface area contributed by atoms with Gasteiger partial charge in [-0.05, 0) is 24.9 Å². The Hall–Kier alpha value is -0.240. The van der Waals surface area contributed by atoms with Gasteiger partial charge in [0.1, 0.15) is 0 Å². The summed E-state index contributed by atoms with van der Waals surface area (Å²) in [7, 11) is 0. The van der Waals surface area contributed by atoms with Crippen molar-refractivity contribution in [1.29, 1.82) is 0 Å². The molecule has 1 saturated carbocycles. The van der Waals surface area contributed by atoms with E-state index in [-0.39, 0.29) is 12.4 Å². The van der Waals surface area contributed by atoms with Crippen molar-refractivity contribution in [2.45, 2.75) is 44.4 Å². The fourth-order valence-corrected chi connectivity index (χ4v) is 3.69. The lowest BCUT2D eigenvalue weighted by Gasteiger charge is -2.41. The molecule has 0 heterocycles. The van der Waals surface area contributed by atoms with Crippen LogP contribution in [0.15, 0.2) is 30.3 Å². The van der Waals surface area contributed by atoms with Gasteiger partial charge in [-0.25, -0.2) is 0 Å². The number of alkyl halides is 1. The van der Waals surface area contributed by atoms with E-state index in [0.29, 0.717) is 5.41 Å². The summed E-state index contributed by atoms with van der Waals surface area (Å²) in [5.41, 5.74) is 1.89. The van der Waals surface area contributed by atoms with Gasteiger partial charge in [0.15, 0.2) is 0 Å². The molecule has 1 fully saturated rings. The highest BCUT2D eigenvalue weighted by Crippen LogP contribution is 2.40. The fraction of sp³-hybridized carbons (Fsp3) is 0.647. The second kappa shape index (κ2) is 8.92. The van der Waals surface area contributed by atoms with Crippen molar-refractivity contribution in [3.8, 4) is 0 Å². The minimum Gasteiger partial charge on any atom is -0.302 e. The summed E-state index contributed by atoms with van der Waals surface area (Å²) in [6.45, 7) is 5.52. The van der Waals surface area contributed by atoms with Gasteiger partial charge in [0.05, 0.1) is 0 Å². The number of rotatable bonds is 6. The van der Waals surface area contributed by atoms with Crippen LogP contribution in [-0.4, -0.2) is 30.4 Å². The summed E-state index contributed by atoms with van der Waals surface area (Å²) < 4.78 is 0. The molecular weight excluding hydrogens is 289 g/mol. The van der Waals surface area contributed by atoms with Gasteiger partial charge in [0.2, 0.25) is 0 Å². The Bertz CT molecular complexity index is 361. The normalized spacial score (nSPS) is 17.8. The topological polar surface area (TPSA) is 3.24 Å². The molecule has 0 unspecified atom stereocenters. The Labute approximate surface area is 135 Å². The van der Waals surface area contributed by atoms with Crippen LogP contribution in [0.4, 0.5) is 0 Å². The Kier molecular flexibility index (Phi) is 7.94. The number of hydrogen-bond donors (Lipinski definition) is 0. The van der Waals surface area contributed by atoms with E-state index < -0.39 is 0 Å². The van der Waals surface area contributed by atoms with E-state index in [2.05, 4.69) is 42.2 Å². The van der Waals surface area contributed by atoms with Gasteiger partial charge in [-0.15, -0.1) is 24.0 Å². The first-order valence-electron chi connectivity index (χ1n) is 7.64. The van der Waals surface area contributed by atoms with E-state index in [1.807, 2.05) is 0 Å². The molecule has 1 aromatic carbocycles. The van der Waals surface area contributed by atoms with E-state index >= 15 is 0 Å². The zero-order valence-electron chi connectivity index (χ0n) is 12.5. The summed E-state index contributed by atoms with van der Waals surface area (Å²) >= 11 is 5.94. The molecule has 1 aromatic rings. The lowest BCUT2D eigenvalue weighted by Crippen LogP contribution is -2.43. The molecule has 1 aliphatic carbocycles. The molecular formula is C17H27Cl2N. The highest BCUT2D eigenvalue weighted by atomic mass is 35.5. The highest BCUT2D eigenvalue weighted by Gasteiger charge is 2.34. The van der Waals surface area contributed by atoms with Crippen LogP contribution in [0, 0.1) is 0 Å². The lowest BCUT2D eigenvalue weighted by molar-refractivity contribution is 0.180. The Morgan fingerprint density at radius 1 is 1.10 bits per heavy atom. The standard InChI is InChI=1S/C17H26ClN.ClH/c1-2-19(14-13-18)15-17(11-7-4-8-12-17)16-9-5-3-6-10-16;/h3,5-6,9-10H,2,4,7-8,11-15H2,1H3;1H. The third-order valence-electron chi connectivity index (χ3n) is 4.57. The molecule has 0 aliphatic heterocycles. The smallest absolute Gasteiger partial charge is 0.0351 e. The van der Waals surface area contributed by atoms with Gasteiger partial charge in [-0.3, -0.25) is 0 Å². The maximum absolute atomic E-state index is 5.94. The van der Waals surface area contributed by atoms with Crippen LogP contribution in [0.3, 0.4) is 0 Å². The van der Waals surface area contributed by atoms with Gasteiger partial charge in [-0.1, -0.05) is 56.5 Å². The zero-order chi connectivity index (χ0) is 13.6. The summed E-state index contributed by atoms with van der Waals surface area (Å²) in [6, 6.07) is 11.1. The summed E-state index contributed by atoms with van der Waals surface area (Å²) in [4.78, 5) is 2.52. The molecule has 3 heteroatoms. The molecule has 0 bridgehead atoms. The quantitative estimate of drug-likeness (QED) is 0.677. The van der Waals surface area contributed by atoms with Crippen LogP contribution in [0.5, 0.6) is 0 Å². The maximum atomic E-state index is 5.94. The van der Waals surface area contributed by atoms with Crippen molar-refractivity contribution in [3.63, 3.8) is 0 Å². The molecule has 0 spiro atoms. The van der Waals surface area contributed by atoms with Gasteiger partial charge in [0.25, 0.3) is 0 Å². The van der Waals surface area contributed by atoms with Crippen molar-refractivity contribution >= 4 is 24.0 Å². The molecule has 20 heavy (non-hydrogen) atoms. The van der Waals surface area contributed by atoms with Crippen molar-refractivity contribution in [3.05, 3.63) is 35.9 Å². The number of benzene rings is 1. The summed E-state index contributed by atoms with van der Waals surface area (Å²) in [5, 5.41) is 0. The average Bonchev–Trinajstić information content (AvgIpc) is 2.49. The van der Waals surface area contributed by atoms with Crippen molar-refractivity contribution in [1.82, 2.24) is 4.90 Å². The highest BCUT2D eigenvalue weighted by molar-refractivity contribution is 6.18. The lowest BCUT2D eigenvalue weighted by atomic mass is 9.69. The summed E-state index contributed by atoms with van der Waals surface area (Å²) in [5.74, 6) is 0.735. The Balaban J connectivity index is 0.00000200. The molecule has 114 valence electrons. The van der Waals surface area contributed by atoms with E-state index in [0.717, 1.165) is 19.0 Å². The third-order valence-corrected chi connectivity index (χ3v) is 4.74. The molecule has 0 amide bonds. The predicted octanol–water partition coefficient (Wildman–Crippen LogP) is 4.87. The predicted molar refractivity (Wildman–Crippen MR) is 91.3 cm³/mol. The van der Waals surface area contributed by atoms with Crippen molar-refractivity contribution in [2.75, 3.05) is 25.5 Å². The minimum absolute atomic E-state index is 0. The monoisotopic (exact) mass is 315 g/mol. The Morgan fingerprint density at radius 3 is 2.30 bits per heavy atom. The molecule has 0 aromatic heterocycles. The van der Waals surface area contributed by atoms with E-state index in [9.17, 15) is 0 Å². The number of likely N-dealkylation sites (N-methyl/N-ethyl adjacent to an activating group) is 1. The van der Waals surface area contributed by atoms with Crippen LogP contribution in [-0.2, 0) is 5.41 Å². The van der Waals surface area contributed by atoms with Gasteiger partial charge < -0.3 is 4.90 Å². The molecule has 0 N–H and O–H groups in total. The second-order valence-electron chi connectivity index (χ2n) is 5.76. The van der Waals surface area contributed by atoms with Crippen LogP contribution in [0.2, 0.25) is 0 Å². The first kappa shape index (κ1) is 17.8. The molecule has 2 rings (SSSR count). The van der Waals surface area contributed by atoms with Gasteiger partial charge >= 0.3 is 0 Å². The number of hydrogen-bond acceptors (Lipinski definition) is 1. The van der Waals surface area contributed by atoms with Crippen molar-refractivity contribution in [2.24, 2.45) is 0 Å². The summed E-state index contributed by atoms with van der Waals surface area (Å²) in [6.07, 6.45) is 6.79. The van der Waals surface area contributed by atoms with Crippen molar-refractivity contribution < 1.29 is 0 Å². The van der Waals surface area contributed by atoms with Gasteiger partial charge in [-0.2, -0.15) is 0 Å². The van der Waals surface area contributed by atoms with Crippen LogP contribution >= 0.6 is 24.0 Å². The molecule has 1 aliphatic rings. The molecule has 1 nitrogen and oxygen atoms in total. The number of halogens is 2. The molecule has 0 atom stereocenters.